The molecule has 0 unspecified atom stereocenters. The van der Waals surface area contributed by atoms with E-state index < -0.39 is 23.3 Å². The Morgan fingerprint density at radius 1 is 0.769 bits per heavy atom. The van der Waals surface area contributed by atoms with Crippen LogP contribution in [0.1, 0.15) is 39.2 Å². The molecule has 192 valence electrons. The van der Waals surface area contributed by atoms with Gasteiger partial charge in [0.25, 0.3) is 11.8 Å². The lowest BCUT2D eigenvalue weighted by atomic mass is 10.0. The molecule has 0 aliphatic carbocycles. The van der Waals surface area contributed by atoms with Gasteiger partial charge in [0.1, 0.15) is 6.04 Å². The van der Waals surface area contributed by atoms with Gasteiger partial charge < -0.3 is 15.6 Å². The van der Waals surface area contributed by atoms with Gasteiger partial charge in [-0.15, -0.1) is 0 Å². The van der Waals surface area contributed by atoms with Crippen LogP contribution in [0.3, 0.4) is 0 Å². The van der Waals surface area contributed by atoms with Crippen LogP contribution in [0, 0.1) is 0 Å². The minimum absolute atomic E-state index is 0.0404. The summed E-state index contributed by atoms with van der Waals surface area (Å²) in [6.45, 7) is 1.32. The third-order valence-corrected chi connectivity index (χ3v) is 6.45. The summed E-state index contributed by atoms with van der Waals surface area (Å²) in [6, 6.07) is 29.7. The van der Waals surface area contributed by atoms with Gasteiger partial charge in [-0.05, 0) is 53.9 Å². The molecule has 0 aliphatic rings. The first-order valence-corrected chi connectivity index (χ1v) is 12.4. The highest BCUT2D eigenvalue weighted by atomic mass is 16.2. The van der Waals surface area contributed by atoms with Gasteiger partial charge in [0, 0.05) is 28.4 Å². The van der Waals surface area contributed by atoms with E-state index in [1.54, 1.807) is 48.5 Å². The lowest BCUT2D eigenvalue weighted by Crippen LogP contribution is -2.37. The molecule has 0 bridgehead atoms. The van der Waals surface area contributed by atoms with Crippen LogP contribution in [-0.2, 0) is 4.79 Å². The Hall–Kier alpha value is -5.30. The number of hydrogen-bond acceptors (Lipinski definition) is 4. The van der Waals surface area contributed by atoms with E-state index >= 15 is 0 Å². The number of H-pyrrole nitrogens is 1. The lowest BCUT2D eigenvalue weighted by molar-refractivity contribution is -0.118. The third-order valence-electron chi connectivity index (χ3n) is 6.45. The normalized spacial score (nSPS) is 11.5. The third kappa shape index (κ3) is 5.52. The number of benzene rings is 4. The molecule has 0 saturated heterocycles. The molecule has 0 fully saturated rings. The molecule has 7 heteroatoms. The second kappa shape index (κ2) is 11.0. The Morgan fingerprint density at radius 3 is 2.08 bits per heavy atom. The molecule has 1 atom stereocenters. The summed E-state index contributed by atoms with van der Waals surface area (Å²) in [5.41, 5.74) is 3.55. The van der Waals surface area contributed by atoms with Crippen LogP contribution >= 0.6 is 0 Å². The number of fused-ring (bicyclic) bond motifs is 1. The summed E-state index contributed by atoms with van der Waals surface area (Å²) in [7, 11) is 0. The van der Waals surface area contributed by atoms with Crippen molar-refractivity contribution in [2.45, 2.75) is 13.0 Å². The van der Waals surface area contributed by atoms with Crippen LogP contribution in [0.25, 0.3) is 22.0 Å². The molecule has 39 heavy (non-hydrogen) atoms. The van der Waals surface area contributed by atoms with Gasteiger partial charge in [0.05, 0.1) is 5.56 Å². The summed E-state index contributed by atoms with van der Waals surface area (Å²) >= 11 is 0. The highest BCUT2D eigenvalue weighted by Gasteiger charge is 2.24. The summed E-state index contributed by atoms with van der Waals surface area (Å²) in [5.74, 6) is -1.23. The average molecular weight is 516 g/mol. The Balaban J connectivity index is 1.40. The Bertz CT molecular complexity index is 1730. The number of carbonyl (C=O) groups is 3. The number of aromatic nitrogens is 1. The number of carbonyl (C=O) groups excluding carboxylic acids is 3. The van der Waals surface area contributed by atoms with Crippen molar-refractivity contribution in [2.24, 2.45) is 0 Å². The predicted molar refractivity (Wildman–Crippen MR) is 152 cm³/mol. The number of rotatable bonds is 7. The molecule has 3 N–H and O–H groups in total. The lowest BCUT2D eigenvalue weighted by Gasteiger charge is -2.19. The molecule has 2 amide bonds. The van der Waals surface area contributed by atoms with E-state index in [0.29, 0.717) is 22.3 Å². The van der Waals surface area contributed by atoms with Crippen molar-refractivity contribution in [3.8, 4) is 11.1 Å². The molecule has 5 rings (SSSR count). The summed E-state index contributed by atoms with van der Waals surface area (Å²) in [6.07, 6.45) is 1.39. The zero-order chi connectivity index (χ0) is 27.4. The van der Waals surface area contributed by atoms with Crippen molar-refractivity contribution >= 4 is 34.2 Å². The maximum Gasteiger partial charge on any atom is 0.252 e. The predicted octanol–water partition coefficient (Wildman–Crippen LogP) is 5.51. The molecule has 0 aliphatic heterocycles. The fraction of sp³-hybridized carbons (Fsp3) is 0.0625. The summed E-state index contributed by atoms with van der Waals surface area (Å²) in [5, 5.41) is 5.92. The van der Waals surface area contributed by atoms with Crippen LogP contribution in [0.15, 0.2) is 114 Å². The zero-order valence-electron chi connectivity index (χ0n) is 21.1. The van der Waals surface area contributed by atoms with Crippen LogP contribution in [0.4, 0.5) is 5.69 Å². The van der Waals surface area contributed by atoms with Crippen molar-refractivity contribution in [1.29, 1.82) is 0 Å². The molecule has 1 heterocycles. The molecule has 7 nitrogen and oxygen atoms in total. The van der Waals surface area contributed by atoms with E-state index in [1.807, 2.05) is 48.5 Å². The number of nitrogens with one attached hydrogen (secondary N) is 3. The molecule has 0 saturated carbocycles. The number of anilines is 1. The van der Waals surface area contributed by atoms with E-state index in [9.17, 15) is 19.2 Å². The number of pyridine rings is 1. The van der Waals surface area contributed by atoms with Crippen molar-refractivity contribution < 1.29 is 14.4 Å². The topological polar surface area (TPSA) is 108 Å². The average Bonchev–Trinajstić information content (AvgIpc) is 2.97. The maximum absolute atomic E-state index is 13.4. The monoisotopic (exact) mass is 515 g/mol. The van der Waals surface area contributed by atoms with Crippen molar-refractivity contribution in [3.05, 3.63) is 136 Å². The van der Waals surface area contributed by atoms with E-state index in [2.05, 4.69) is 15.6 Å². The summed E-state index contributed by atoms with van der Waals surface area (Å²) < 4.78 is 0. The van der Waals surface area contributed by atoms with Gasteiger partial charge in [-0.3, -0.25) is 19.2 Å². The van der Waals surface area contributed by atoms with Crippen LogP contribution in [0.5, 0.6) is 0 Å². The minimum atomic E-state index is -0.995. The van der Waals surface area contributed by atoms with Gasteiger partial charge in [0.15, 0.2) is 11.2 Å². The van der Waals surface area contributed by atoms with Crippen LogP contribution in [0.2, 0.25) is 0 Å². The smallest absolute Gasteiger partial charge is 0.252 e. The SMILES string of the molecule is CC(=O)c1c[nH]c2ccc(NC(=O)[C@@H](NC(=O)c3ccc(-c4ccccc4)cc3)c3ccccc3)cc2c1=O. The van der Waals surface area contributed by atoms with Crippen molar-refractivity contribution in [3.63, 3.8) is 0 Å². The van der Waals surface area contributed by atoms with Crippen LogP contribution in [-0.4, -0.2) is 22.6 Å². The Labute approximate surface area is 224 Å². The fourth-order valence-electron chi connectivity index (χ4n) is 4.38. The highest BCUT2D eigenvalue weighted by Crippen LogP contribution is 2.22. The van der Waals surface area contributed by atoms with Gasteiger partial charge >= 0.3 is 0 Å². The van der Waals surface area contributed by atoms with Crippen LogP contribution < -0.4 is 16.1 Å². The second-order valence-corrected chi connectivity index (χ2v) is 9.10. The second-order valence-electron chi connectivity index (χ2n) is 9.10. The van der Waals surface area contributed by atoms with Crippen molar-refractivity contribution in [2.75, 3.05) is 5.32 Å². The first-order chi connectivity index (χ1) is 18.9. The number of Topliss-reactive ketones (excluding diaryl/α,β-unsaturated/α-hetero) is 1. The molecular formula is C32H25N3O4. The maximum atomic E-state index is 13.4. The Kier molecular flexibility index (Phi) is 7.14. The number of ketones is 1. The molecule has 5 aromatic rings. The standard InChI is InChI=1S/C32H25N3O4/c1-20(36)27-19-33-28-17-16-25(18-26(28)30(27)37)34-32(39)29(23-10-6-3-7-11-23)35-31(38)24-14-12-22(13-15-24)21-8-4-2-5-9-21/h2-19,29H,1H3,(H,33,37)(H,34,39)(H,35,38)/t29-/m0/s1. The molecule has 4 aromatic carbocycles. The fourth-order valence-corrected chi connectivity index (χ4v) is 4.38. The minimum Gasteiger partial charge on any atom is -0.360 e. The van der Waals surface area contributed by atoms with Gasteiger partial charge in [-0.25, -0.2) is 0 Å². The molecule has 0 radical (unpaired) electrons. The van der Waals surface area contributed by atoms with Gasteiger partial charge in [-0.1, -0.05) is 72.8 Å². The first kappa shape index (κ1) is 25.4. The van der Waals surface area contributed by atoms with E-state index in [1.165, 1.54) is 19.2 Å². The van der Waals surface area contributed by atoms with Gasteiger partial charge in [-0.2, -0.15) is 0 Å². The van der Waals surface area contributed by atoms with E-state index in [-0.39, 0.29) is 16.7 Å². The largest absolute Gasteiger partial charge is 0.360 e. The number of aromatic amines is 1. The van der Waals surface area contributed by atoms with E-state index in [0.717, 1.165) is 11.1 Å². The molecule has 0 spiro atoms. The zero-order valence-corrected chi connectivity index (χ0v) is 21.1. The van der Waals surface area contributed by atoms with Crippen molar-refractivity contribution in [1.82, 2.24) is 10.3 Å². The summed E-state index contributed by atoms with van der Waals surface area (Å²) in [4.78, 5) is 54.1. The first-order valence-electron chi connectivity index (χ1n) is 12.4. The molecular weight excluding hydrogens is 490 g/mol. The number of amides is 2. The Morgan fingerprint density at radius 2 is 1.41 bits per heavy atom. The van der Waals surface area contributed by atoms with E-state index in [4.69, 9.17) is 0 Å². The number of hydrogen-bond donors (Lipinski definition) is 3. The highest BCUT2D eigenvalue weighted by molar-refractivity contribution is 6.03. The van der Waals surface area contributed by atoms with Gasteiger partial charge in [0.2, 0.25) is 0 Å². The quantitative estimate of drug-likeness (QED) is 0.249. The molecule has 1 aromatic heterocycles.